The molecule has 1 N–H and O–H groups in total. The van der Waals surface area contributed by atoms with Gasteiger partial charge in [0.1, 0.15) is 19.2 Å². The van der Waals surface area contributed by atoms with Crippen molar-refractivity contribution in [1.82, 2.24) is 0 Å². The van der Waals surface area contributed by atoms with Crippen LogP contribution in [0.15, 0.2) is 4.99 Å². The predicted octanol–water partition coefficient (Wildman–Crippen LogP) is 0.982. The third kappa shape index (κ3) is 2.82. The van der Waals surface area contributed by atoms with Crippen LogP contribution in [0, 0.1) is 5.92 Å². The number of ether oxygens (including phenoxy) is 1. The second-order valence-electron chi connectivity index (χ2n) is 5.99. The van der Waals surface area contributed by atoms with Gasteiger partial charge in [-0.3, -0.25) is 0 Å². The highest BCUT2D eigenvalue weighted by atomic mass is 16.5. The SMILES string of the molecule is CC(C1C[NH+](C)CCO1)C1(N=C=[N-])CCCCC1. The minimum Gasteiger partial charge on any atom is -0.424 e. The fraction of sp³-hybridized carbons (Fsp3) is 0.929. The van der Waals surface area contributed by atoms with Crippen LogP contribution in [0.3, 0.4) is 0 Å². The van der Waals surface area contributed by atoms with E-state index in [2.05, 4.69) is 25.0 Å². The van der Waals surface area contributed by atoms with Crippen molar-refractivity contribution in [3.05, 3.63) is 5.41 Å². The summed E-state index contributed by atoms with van der Waals surface area (Å²) in [7, 11) is 2.22. The van der Waals surface area contributed by atoms with Gasteiger partial charge in [0.25, 0.3) is 0 Å². The Morgan fingerprint density at radius 3 is 2.72 bits per heavy atom. The summed E-state index contributed by atoms with van der Waals surface area (Å²) in [6, 6.07) is 2.07. The highest BCUT2D eigenvalue weighted by Gasteiger charge is 2.39. The molecule has 0 bridgehead atoms. The Labute approximate surface area is 110 Å². The number of nitrogens with zero attached hydrogens (tertiary/aromatic N) is 2. The maximum atomic E-state index is 9.02. The zero-order chi connectivity index (χ0) is 13.0. The fourth-order valence-corrected chi connectivity index (χ4v) is 3.49. The van der Waals surface area contributed by atoms with E-state index in [1.165, 1.54) is 24.2 Å². The minimum absolute atomic E-state index is 0.144. The van der Waals surface area contributed by atoms with Gasteiger partial charge >= 0.3 is 0 Å². The first-order chi connectivity index (χ1) is 8.68. The van der Waals surface area contributed by atoms with Crippen LogP contribution < -0.4 is 4.90 Å². The predicted molar refractivity (Wildman–Crippen MR) is 72.1 cm³/mol. The molecule has 0 aromatic carbocycles. The van der Waals surface area contributed by atoms with Gasteiger partial charge in [0.05, 0.1) is 13.7 Å². The summed E-state index contributed by atoms with van der Waals surface area (Å²) >= 11 is 0. The Hall–Kier alpha value is -0.700. The van der Waals surface area contributed by atoms with Crippen molar-refractivity contribution in [1.29, 1.82) is 0 Å². The molecular formula is C14H25N3O. The summed E-state index contributed by atoms with van der Waals surface area (Å²) < 4.78 is 5.94. The summed E-state index contributed by atoms with van der Waals surface area (Å²) in [6.07, 6.45) is 6.05. The molecule has 0 aromatic rings. The third-order valence-corrected chi connectivity index (χ3v) is 4.81. The van der Waals surface area contributed by atoms with Crippen LogP contribution >= 0.6 is 0 Å². The Bertz CT molecular complexity index is 319. The molecule has 4 nitrogen and oxygen atoms in total. The van der Waals surface area contributed by atoms with Gasteiger partial charge in [-0.15, -0.1) is 0 Å². The smallest absolute Gasteiger partial charge is 0.110 e. The molecule has 102 valence electrons. The largest absolute Gasteiger partial charge is 0.424 e. The van der Waals surface area contributed by atoms with E-state index < -0.39 is 0 Å². The molecule has 3 atom stereocenters. The summed E-state index contributed by atoms with van der Waals surface area (Å²) in [5.74, 6) is 0.354. The van der Waals surface area contributed by atoms with E-state index >= 15 is 0 Å². The van der Waals surface area contributed by atoms with Gasteiger partial charge in [-0.2, -0.15) is 6.01 Å². The average Bonchev–Trinajstić information content (AvgIpc) is 2.39. The fourth-order valence-electron chi connectivity index (χ4n) is 3.49. The molecule has 2 fully saturated rings. The molecule has 0 aromatic heterocycles. The molecule has 1 aliphatic carbocycles. The van der Waals surface area contributed by atoms with Gasteiger partial charge in [0.2, 0.25) is 0 Å². The topological polar surface area (TPSA) is 48.3 Å². The van der Waals surface area contributed by atoms with E-state index in [0.29, 0.717) is 5.92 Å². The number of hydrogen-bond acceptors (Lipinski definition) is 2. The molecular weight excluding hydrogens is 226 g/mol. The second-order valence-corrected chi connectivity index (χ2v) is 5.99. The number of likely N-dealkylation sites (N-methyl/N-ethyl adjacent to an activating group) is 1. The standard InChI is InChI=1S/C14H24N3O/c1-12(13-10-17(2)8-9-18-13)14(16-11-15)6-4-3-5-7-14/h12-13H,3-10H2,1-2H3/q-1/p+1. The van der Waals surface area contributed by atoms with E-state index in [9.17, 15) is 0 Å². The maximum Gasteiger partial charge on any atom is 0.110 e. The van der Waals surface area contributed by atoms with Crippen LogP contribution in [0.4, 0.5) is 0 Å². The molecule has 0 radical (unpaired) electrons. The molecule has 1 aliphatic heterocycles. The van der Waals surface area contributed by atoms with E-state index in [1.54, 1.807) is 0 Å². The number of rotatable bonds is 3. The van der Waals surface area contributed by atoms with Crippen LogP contribution in [-0.4, -0.2) is 44.4 Å². The minimum atomic E-state index is -0.144. The van der Waals surface area contributed by atoms with Gasteiger partial charge in [-0.05, 0) is 24.3 Å². The second kappa shape index (κ2) is 5.96. The molecule has 18 heavy (non-hydrogen) atoms. The molecule has 2 rings (SSSR count). The number of hydrogen-bond donors (Lipinski definition) is 1. The number of aliphatic imine (C=N–C) groups is 1. The molecule has 1 saturated carbocycles. The Balaban J connectivity index is 2.11. The van der Waals surface area contributed by atoms with Crippen molar-refractivity contribution < 1.29 is 9.64 Å². The van der Waals surface area contributed by atoms with Crippen LogP contribution in [0.2, 0.25) is 0 Å². The summed E-state index contributed by atoms with van der Waals surface area (Å²) in [4.78, 5) is 5.86. The highest BCUT2D eigenvalue weighted by Crippen LogP contribution is 2.39. The van der Waals surface area contributed by atoms with Crippen molar-refractivity contribution in [2.75, 3.05) is 26.7 Å². The molecule has 1 saturated heterocycles. The van der Waals surface area contributed by atoms with Gasteiger partial charge in [0, 0.05) is 0 Å². The van der Waals surface area contributed by atoms with Crippen LogP contribution in [0.1, 0.15) is 39.0 Å². The first kappa shape index (κ1) is 13.7. The van der Waals surface area contributed by atoms with Gasteiger partial charge in [-0.1, -0.05) is 26.2 Å². The number of quaternary nitrogens is 1. The lowest BCUT2D eigenvalue weighted by Gasteiger charge is -2.47. The quantitative estimate of drug-likeness (QED) is 0.747. The number of nitrogens with one attached hydrogen (secondary N) is 1. The van der Waals surface area contributed by atoms with Crippen LogP contribution in [0.25, 0.3) is 5.41 Å². The zero-order valence-electron chi connectivity index (χ0n) is 11.6. The summed E-state index contributed by atoms with van der Waals surface area (Å²) in [5, 5.41) is 9.02. The molecule has 1 heterocycles. The maximum absolute atomic E-state index is 9.02. The van der Waals surface area contributed by atoms with Crippen molar-refractivity contribution in [2.24, 2.45) is 10.9 Å². The third-order valence-electron chi connectivity index (χ3n) is 4.81. The van der Waals surface area contributed by atoms with Gasteiger partial charge in [0.15, 0.2) is 0 Å². The highest BCUT2D eigenvalue weighted by molar-refractivity contribution is 5.46. The van der Waals surface area contributed by atoms with E-state index in [1.807, 2.05) is 0 Å². The summed E-state index contributed by atoms with van der Waals surface area (Å²) in [5.41, 5.74) is -0.144. The summed E-state index contributed by atoms with van der Waals surface area (Å²) in [6.45, 7) is 5.20. The van der Waals surface area contributed by atoms with Crippen molar-refractivity contribution in [2.45, 2.75) is 50.7 Å². The Morgan fingerprint density at radius 1 is 1.39 bits per heavy atom. The van der Waals surface area contributed by atoms with Gasteiger partial charge in [-0.25, -0.2) is 0 Å². The zero-order valence-corrected chi connectivity index (χ0v) is 11.6. The average molecular weight is 251 g/mol. The van der Waals surface area contributed by atoms with E-state index in [-0.39, 0.29) is 11.6 Å². The Morgan fingerprint density at radius 2 is 2.11 bits per heavy atom. The molecule has 0 spiro atoms. The molecule has 0 amide bonds. The van der Waals surface area contributed by atoms with Crippen molar-refractivity contribution >= 4 is 6.01 Å². The lowest BCUT2D eigenvalue weighted by Crippen LogP contribution is -3.12. The monoisotopic (exact) mass is 251 g/mol. The molecule has 2 aliphatic rings. The normalized spacial score (nSPS) is 33.4. The first-order valence-corrected chi connectivity index (χ1v) is 7.22. The lowest BCUT2D eigenvalue weighted by molar-refractivity contribution is -0.892. The number of morpholine rings is 1. The molecule has 4 heteroatoms. The van der Waals surface area contributed by atoms with Crippen LogP contribution in [-0.2, 0) is 4.74 Å². The van der Waals surface area contributed by atoms with Crippen molar-refractivity contribution in [3.63, 3.8) is 0 Å². The van der Waals surface area contributed by atoms with E-state index in [0.717, 1.165) is 32.5 Å². The van der Waals surface area contributed by atoms with E-state index in [4.69, 9.17) is 10.1 Å². The van der Waals surface area contributed by atoms with Crippen LogP contribution in [0.5, 0.6) is 0 Å². The molecule has 3 unspecified atom stereocenters. The van der Waals surface area contributed by atoms with Crippen molar-refractivity contribution in [3.8, 4) is 0 Å². The van der Waals surface area contributed by atoms with Gasteiger partial charge < -0.3 is 20.0 Å². The lowest BCUT2D eigenvalue weighted by atomic mass is 9.71. The Kier molecular flexibility index (Phi) is 4.55. The first-order valence-electron chi connectivity index (χ1n) is 7.22.